The van der Waals surface area contributed by atoms with Crippen LogP contribution in [-0.4, -0.2) is 30.6 Å². The molecule has 3 rings (SSSR count). The molecule has 0 bridgehead atoms. The Hall–Kier alpha value is -1.02. The predicted molar refractivity (Wildman–Crippen MR) is 72.4 cm³/mol. The summed E-state index contributed by atoms with van der Waals surface area (Å²) in [7, 11) is 0. The van der Waals surface area contributed by atoms with E-state index >= 15 is 0 Å². The Bertz CT molecular complexity index is 411. The van der Waals surface area contributed by atoms with E-state index in [1.165, 1.54) is 37.2 Å². The second kappa shape index (κ2) is 4.02. The highest BCUT2D eigenvalue weighted by molar-refractivity contribution is 5.53. The molecular weight excluding hydrogens is 208 g/mol. The second-order valence-electron chi connectivity index (χ2n) is 6.28. The average molecular weight is 230 g/mol. The Labute approximate surface area is 104 Å². The zero-order chi connectivity index (χ0) is 11.9. The van der Waals surface area contributed by atoms with Crippen LogP contribution in [0.4, 0.5) is 5.69 Å². The fourth-order valence-electron chi connectivity index (χ4n) is 3.15. The van der Waals surface area contributed by atoms with Gasteiger partial charge in [0.1, 0.15) is 0 Å². The van der Waals surface area contributed by atoms with Gasteiger partial charge in [0.2, 0.25) is 0 Å². The summed E-state index contributed by atoms with van der Waals surface area (Å²) in [5.41, 5.74) is 3.33. The fourth-order valence-corrected chi connectivity index (χ4v) is 3.15. The number of likely N-dealkylation sites (tertiary alicyclic amines) is 1. The molecule has 1 fully saturated rings. The third-order valence-corrected chi connectivity index (χ3v) is 4.22. The predicted octanol–water partition coefficient (Wildman–Crippen LogP) is 2.76. The minimum absolute atomic E-state index is 0.511. The normalized spacial score (nSPS) is 27.5. The van der Waals surface area contributed by atoms with Crippen LogP contribution in [0.15, 0.2) is 24.3 Å². The minimum atomic E-state index is 0.511. The van der Waals surface area contributed by atoms with Gasteiger partial charge in [-0.2, -0.15) is 0 Å². The first-order valence-corrected chi connectivity index (χ1v) is 6.70. The van der Waals surface area contributed by atoms with Gasteiger partial charge in [0.15, 0.2) is 0 Å². The quantitative estimate of drug-likeness (QED) is 0.798. The molecule has 0 aliphatic carbocycles. The lowest BCUT2D eigenvalue weighted by atomic mass is 9.93. The molecule has 0 spiro atoms. The maximum absolute atomic E-state index is 3.58. The molecule has 2 heteroatoms. The van der Waals surface area contributed by atoms with Crippen LogP contribution in [0.25, 0.3) is 0 Å². The fraction of sp³-hybridized carbons (Fsp3) is 0.600. The summed E-state index contributed by atoms with van der Waals surface area (Å²) in [5, 5.41) is 3.58. The van der Waals surface area contributed by atoms with Crippen molar-refractivity contribution >= 4 is 5.69 Å². The molecule has 2 aliphatic heterocycles. The number of para-hydroxylation sites is 1. The topological polar surface area (TPSA) is 15.3 Å². The Morgan fingerprint density at radius 3 is 2.88 bits per heavy atom. The third kappa shape index (κ3) is 2.19. The van der Waals surface area contributed by atoms with Crippen LogP contribution in [0, 0.1) is 5.41 Å². The van der Waals surface area contributed by atoms with Gasteiger partial charge in [0.25, 0.3) is 0 Å². The summed E-state index contributed by atoms with van der Waals surface area (Å²) < 4.78 is 0. The summed E-state index contributed by atoms with van der Waals surface area (Å²) in [6.45, 7) is 8.39. The molecule has 2 heterocycles. The number of anilines is 1. The number of benzene rings is 1. The summed E-state index contributed by atoms with van der Waals surface area (Å²) in [6.07, 6.45) is 2.55. The van der Waals surface area contributed by atoms with Crippen molar-refractivity contribution in [2.24, 2.45) is 5.41 Å². The van der Waals surface area contributed by atoms with Gasteiger partial charge in [-0.05, 0) is 36.4 Å². The van der Waals surface area contributed by atoms with E-state index in [9.17, 15) is 0 Å². The Kier molecular flexibility index (Phi) is 2.62. The van der Waals surface area contributed by atoms with E-state index in [1.54, 1.807) is 0 Å². The van der Waals surface area contributed by atoms with Gasteiger partial charge in [0, 0.05) is 24.8 Å². The van der Waals surface area contributed by atoms with Gasteiger partial charge >= 0.3 is 0 Å². The molecule has 1 aromatic carbocycles. The monoisotopic (exact) mass is 230 g/mol. The molecule has 1 unspecified atom stereocenters. The molecule has 0 saturated carbocycles. The van der Waals surface area contributed by atoms with Gasteiger partial charge < -0.3 is 5.32 Å². The number of fused-ring (bicyclic) bond motifs is 1. The summed E-state index contributed by atoms with van der Waals surface area (Å²) >= 11 is 0. The van der Waals surface area contributed by atoms with Crippen molar-refractivity contribution in [3.8, 4) is 0 Å². The second-order valence-corrected chi connectivity index (χ2v) is 6.28. The van der Waals surface area contributed by atoms with Gasteiger partial charge in [-0.1, -0.05) is 32.0 Å². The van der Waals surface area contributed by atoms with E-state index in [-0.39, 0.29) is 0 Å². The van der Waals surface area contributed by atoms with Gasteiger partial charge in [-0.3, -0.25) is 4.90 Å². The smallest absolute Gasteiger partial charge is 0.0373 e. The van der Waals surface area contributed by atoms with Gasteiger partial charge in [-0.15, -0.1) is 0 Å². The highest BCUT2D eigenvalue weighted by atomic mass is 15.2. The van der Waals surface area contributed by atoms with E-state index < -0.39 is 0 Å². The van der Waals surface area contributed by atoms with E-state index in [2.05, 4.69) is 48.3 Å². The van der Waals surface area contributed by atoms with Crippen LogP contribution < -0.4 is 5.32 Å². The Morgan fingerprint density at radius 1 is 1.29 bits per heavy atom. The zero-order valence-electron chi connectivity index (χ0n) is 10.9. The van der Waals surface area contributed by atoms with Crippen molar-refractivity contribution in [1.82, 2.24) is 4.90 Å². The molecule has 2 aliphatic rings. The largest absolute Gasteiger partial charge is 0.383 e. The number of nitrogens with zero attached hydrogens (tertiary/aromatic N) is 1. The van der Waals surface area contributed by atoms with Gasteiger partial charge in [-0.25, -0.2) is 0 Å². The Balaban J connectivity index is 1.72. The summed E-state index contributed by atoms with van der Waals surface area (Å²) in [6, 6.07) is 9.41. The van der Waals surface area contributed by atoms with Crippen molar-refractivity contribution in [3.05, 3.63) is 29.8 Å². The van der Waals surface area contributed by atoms with E-state index in [1.807, 2.05) is 0 Å². The van der Waals surface area contributed by atoms with Crippen LogP contribution in [-0.2, 0) is 6.42 Å². The number of rotatable bonds is 1. The number of nitrogens with one attached hydrogen (secondary N) is 1. The van der Waals surface area contributed by atoms with E-state index in [0.717, 1.165) is 6.54 Å². The van der Waals surface area contributed by atoms with Crippen LogP contribution in [0.2, 0.25) is 0 Å². The molecule has 1 atom stereocenters. The molecule has 0 radical (unpaired) electrons. The Morgan fingerprint density at radius 2 is 2.12 bits per heavy atom. The molecule has 1 N–H and O–H groups in total. The van der Waals surface area contributed by atoms with Crippen LogP contribution in [0.1, 0.15) is 25.8 Å². The number of hydrogen-bond donors (Lipinski definition) is 1. The molecule has 17 heavy (non-hydrogen) atoms. The van der Waals surface area contributed by atoms with Crippen molar-refractivity contribution in [2.45, 2.75) is 32.7 Å². The lowest BCUT2D eigenvalue weighted by Crippen LogP contribution is -2.43. The number of hydrogen-bond acceptors (Lipinski definition) is 2. The molecular formula is C15H22N2. The van der Waals surface area contributed by atoms with Gasteiger partial charge in [0.05, 0.1) is 0 Å². The molecule has 0 amide bonds. The van der Waals surface area contributed by atoms with Crippen molar-refractivity contribution in [1.29, 1.82) is 0 Å². The highest BCUT2D eigenvalue weighted by Crippen LogP contribution is 2.32. The molecule has 2 nitrogen and oxygen atoms in total. The first-order valence-electron chi connectivity index (χ1n) is 6.70. The minimum Gasteiger partial charge on any atom is -0.383 e. The van der Waals surface area contributed by atoms with Crippen LogP contribution >= 0.6 is 0 Å². The maximum atomic E-state index is 3.58. The lowest BCUT2D eigenvalue weighted by Gasteiger charge is -2.34. The van der Waals surface area contributed by atoms with Crippen molar-refractivity contribution in [3.63, 3.8) is 0 Å². The third-order valence-electron chi connectivity index (χ3n) is 4.22. The lowest BCUT2D eigenvalue weighted by molar-refractivity contribution is 0.221. The van der Waals surface area contributed by atoms with Crippen molar-refractivity contribution in [2.75, 3.05) is 25.0 Å². The van der Waals surface area contributed by atoms with E-state index in [4.69, 9.17) is 0 Å². The molecule has 0 aromatic heterocycles. The summed E-state index contributed by atoms with van der Waals surface area (Å²) in [5.74, 6) is 0. The SMILES string of the molecule is CC1(C)CCN(C2CNc3ccccc3C2)C1. The summed E-state index contributed by atoms with van der Waals surface area (Å²) in [4.78, 5) is 2.67. The van der Waals surface area contributed by atoms with Crippen molar-refractivity contribution < 1.29 is 0 Å². The van der Waals surface area contributed by atoms with Crippen LogP contribution in [0.5, 0.6) is 0 Å². The molecule has 92 valence electrons. The van der Waals surface area contributed by atoms with E-state index in [0.29, 0.717) is 11.5 Å². The molecule has 1 aromatic rings. The van der Waals surface area contributed by atoms with Crippen LogP contribution in [0.3, 0.4) is 0 Å². The average Bonchev–Trinajstić information content (AvgIpc) is 2.69. The zero-order valence-corrected chi connectivity index (χ0v) is 10.9. The first kappa shape index (κ1) is 11.1. The highest BCUT2D eigenvalue weighted by Gasteiger charge is 2.34. The maximum Gasteiger partial charge on any atom is 0.0373 e. The standard InChI is InChI=1S/C15H22N2/c1-15(2)7-8-17(11-15)13-9-12-5-3-4-6-14(12)16-10-13/h3-6,13,16H,7-11H2,1-2H3. The first-order chi connectivity index (χ1) is 8.14. The molecule has 1 saturated heterocycles.